The molecular formula is C16H20N2O3S. The molecule has 0 spiro atoms. The largest absolute Gasteiger partial charge is 0.440 e. The Morgan fingerprint density at radius 1 is 1.55 bits per heavy atom. The Labute approximate surface area is 133 Å². The Morgan fingerprint density at radius 2 is 2.41 bits per heavy atom. The van der Waals surface area contributed by atoms with Gasteiger partial charge in [-0.05, 0) is 24.8 Å². The van der Waals surface area contributed by atoms with Gasteiger partial charge in [-0.25, -0.2) is 4.98 Å². The summed E-state index contributed by atoms with van der Waals surface area (Å²) >= 11 is 1.58. The summed E-state index contributed by atoms with van der Waals surface area (Å²) in [5, 5.41) is 1.98. The quantitative estimate of drug-likeness (QED) is 0.869. The SMILES string of the molecule is CCC1CN(C(=O)Cc2nc(-c3cccs3)oc2C)CCO1. The number of thiophene rings is 1. The topological polar surface area (TPSA) is 55.6 Å². The minimum atomic E-state index is 0.0934. The summed E-state index contributed by atoms with van der Waals surface area (Å²) in [6, 6.07) is 3.93. The van der Waals surface area contributed by atoms with Gasteiger partial charge in [-0.15, -0.1) is 11.3 Å². The molecule has 5 nitrogen and oxygen atoms in total. The highest BCUT2D eigenvalue weighted by Gasteiger charge is 2.24. The molecule has 1 atom stereocenters. The molecule has 1 amide bonds. The number of hydrogen-bond acceptors (Lipinski definition) is 5. The second-order valence-corrected chi connectivity index (χ2v) is 6.36. The van der Waals surface area contributed by atoms with Crippen LogP contribution in [0.15, 0.2) is 21.9 Å². The summed E-state index contributed by atoms with van der Waals surface area (Å²) in [4.78, 5) is 19.8. The van der Waals surface area contributed by atoms with Crippen molar-refractivity contribution in [3.63, 3.8) is 0 Å². The average Bonchev–Trinajstić information content (AvgIpc) is 3.18. The molecule has 0 saturated carbocycles. The third-order valence-electron chi connectivity index (χ3n) is 3.89. The van der Waals surface area contributed by atoms with Gasteiger partial charge in [-0.2, -0.15) is 0 Å². The van der Waals surface area contributed by atoms with E-state index < -0.39 is 0 Å². The van der Waals surface area contributed by atoms with Crippen LogP contribution in [0.2, 0.25) is 0 Å². The van der Waals surface area contributed by atoms with Gasteiger partial charge < -0.3 is 14.1 Å². The highest BCUT2D eigenvalue weighted by molar-refractivity contribution is 7.13. The molecule has 0 N–H and O–H groups in total. The number of carbonyl (C=O) groups is 1. The van der Waals surface area contributed by atoms with Crippen LogP contribution in [0.3, 0.4) is 0 Å². The van der Waals surface area contributed by atoms with E-state index in [1.807, 2.05) is 29.3 Å². The molecule has 3 heterocycles. The van der Waals surface area contributed by atoms with Gasteiger partial charge in [0.05, 0.1) is 29.7 Å². The number of nitrogens with zero attached hydrogens (tertiary/aromatic N) is 2. The van der Waals surface area contributed by atoms with Crippen LogP contribution in [0.1, 0.15) is 24.8 Å². The molecule has 22 heavy (non-hydrogen) atoms. The first-order valence-corrected chi connectivity index (χ1v) is 8.45. The maximum atomic E-state index is 12.5. The maximum absolute atomic E-state index is 12.5. The molecule has 1 aliphatic heterocycles. The van der Waals surface area contributed by atoms with E-state index in [0.717, 1.165) is 22.8 Å². The van der Waals surface area contributed by atoms with Gasteiger partial charge >= 0.3 is 0 Å². The molecule has 0 bridgehead atoms. The van der Waals surface area contributed by atoms with Gasteiger partial charge in [0.15, 0.2) is 0 Å². The fourth-order valence-electron chi connectivity index (χ4n) is 2.55. The molecule has 118 valence electrons. The van der Waals surface area contributed by atoms with Crippen molar-refractivity contribution in [3.8, 4) is 10.8 Å². The number of carbonyl (C=O) groups excluding carboxylic acids is 1. The summed E-state index contributed by atoms with van der Waals surface area (Å²) in [6.45, 7) is 5.88. The lowest BCUT2D eigenvalue weighted by Crippen LogP contribution is -2.46. The molecule has 0 aliphatic carbocycles. The van der Waals surface area contributed by atoms with Crippen molar-refractivity contribution in [2.45, 2.75) is 32.8 Å². The molecule has 6 heteroatoms. The van der Waals surface area contributed by atoms with Gasteiger partial charge in [0.25, 0.3) is 0 Å². The summed E-state index contributed by atoms with van der Waals surface area (Å²) < 4.78 is 11.3. The van der Waals surface area contributed by atoms with E-state index in [-0.39, 0.29) is 18.4 Å². The summed E-state index contributed by atoms with van der Waals surface area (Å²) in [5.74, 6) is 1.41. The molecule has 1 saturated heterocycles. The Balaban J connectivity index is 1.69. The Hall–Kier alpha value is -1.66. The molecular weight excluding hydrogens is 300 g/mol. The van der Waals surface area contributed by atoms with Crippen LogP contribution >= 0.6 is 11.3 Å². The highest BCUT2D eigenvalue weighted by atomic mass is 32.1. The van der Waals surface area contributed by atoms with Gasteiger partial charge in [-0.1, -0.05) is 13.0 Å². The molecule has 2 aromatic heterocycles. The molecule has 1 aliphatic rings. The second-order valence-electron chi connectivity index (χ2n) is 5.42. The third-order valence-corrected chi connectivity index (χ3v) is 4.75. The van der Waals surface area contributed by atoms with Crippen LogP contribution in [0, 0.1) is 6.92 Å². The van der Waals surface area contributed by atoms with Crippen molar-refractivity contribution >= 4 is 17.2 Å². The van der Waals surface area contributed by atoms with E-state index in [0.29, 0.717) is 25.6 Å². The monoisotopic (exact) mass is 320 g/mol. The van der Waals surface area contributed by atoms with E-state index >= 15 is 0 Å². The van der Waals surface area contributed by atoms with Crippen molar-refractivity contribution in [1.29, 1.82) is 0 Å². The van der Waals surface area contributed by atoms with Gasteiger partial charge in [0.2, 0.25) is 11.8 Å². The lowest BCUT2D eigenvalue weighted by atomic mass is 10.2. The predicted octanol–water partition coefficient (Wildman–Crippen LogP) is 2.89. The number of hydrogen-bond donors (Lipinski definition) is 0. The maximum Gasteiger partial charge on any atom is 0.236 e. The van der Waals surface area contributed by atoms with Crippen LogP contribution in [-0.4, -0.2) is 41.6 Å². The number of rotatable bonds is 4. The van der Waals surface area contributed by atoms with E-state index in [9.17, 15) is 4.79 Å². The molecule has 0 radical (unpaired) electrons. The lowest BCUT2D eigenvalue weighted by molar-refractivity contribution is -0.138. The zero-order valence-electron chi connectivity index (χ0n) is 12.9. The van der Waals surface area contributed by atoms with Crippen molar-refractivity contribution < 1.29 is 13.9 Å². The Morgan fingerprint density at radius 3 is 3.14 bits per heavy atom. The number of aromatic nitrogens is 1. The summed E-state index contributed by atoms with van der Waals surface area (Å²) in [6.07, 6.45) is 1.37. The van der Waals surface area contributed by atoms with Crippen LogP contribution in [0.25, 0.3) is 10.8 Å². The predicted molar refractivity (Wildman–Crippen MR) is 84.9 cm³/mol. The molecule has 1 unspecified atom stereocenters. The minimum Gasteiger partial charge on any atom is -0.440 e. The lowest BCUT2D eigenvalue weighted by Gasteiger charge is -2.32. The van der Waals surface area contributed by atoms with E-state index in [4.69, 9.17) is 9.15 Å². The Kier molecular flexibility index (Phi) is 4.59. The number of amides is 1. The first-order valence-electron chi connectivity index (χ1n) is 7.57. The van der Waals surface area contributed by atoms with Gasteiger partial charge in [-0.3, -0.25) is 4.79 Å². The fraction of sp³-hybridized carbons (Fsp3) is 0.500. The standard InChI is InChI=1S/C16H20N2O3S/c1-3-12-10-18(6-7-20-12)15(19)9-13-11(2)21-16(17-13)14-5-4-8-22-14/h4-5,8,12H,3,6-7,9-10H2,1-2H3. The van der Waals surface area contributed by atoms with Crippen molar-refractivity contribution in [2.75, 3.05) is 19.7 Å². The zero-order chi connectivity index (χ0) is 15.5. The van der Waals surface area contributed by atoms with Crippen LogP contribution in [0.5, 0.6) is 0 Å². The second kappa shape index (κ2) is 6.62. The first-order chi connectivity index (χ1) is 10.7. The third kappa shape index (κ3) is 3.23. The van der Waals surface area contributed by atoms with Gasteiger partial charge in [0, 0.05) is 13.1 Å². The summed E-state index contributed by atoms with van der Waals surface area (Å²) in [7, 11) is 0. The smallest absolute Gasteiger partial charge is 0.236 e. The van der Waals surface area contributed by atoms with Crippen LogP contribution < -0.4 is 0 Å². The molecule has 0 aromatic carbocycles. The molecule has 1 fully saturated rings. The average molecular weight is 320 g/mol. The number of oxazole rings is 1. The zero-order valence-corrected chi connectivity index (χ0v) is 13.7. The van der Waals surface area contributed by atoms with Crippen molar-refractivity contribution in [2.24, 2.45) is 0 Å². The Bertz CT molecular complexity index is 636. The minimum absolute atomic E-state index is 0.0934. The molecule has 3 rings (SSSR count). The highest BCUT2D eigenvalue weighted by Crippen LogP contribution is 2.26. The van der Waals surface area contributed by atoms with Crippen LogP contribution in [-0.2, 0) is 16.0 Å². The van der Waals surface area contributed by atoms with Crippen molar-refractivity contribution in [1.82, 2.24) is 9.88 Å². The normalized spacial score (nSPS) is 18.6. The molecule has 2 aromatic rings. The fourth-order valence-corrected chi connectivity index (χ4v) is 3.19. The summed E-state index contributed by atoms with van der Waals surface area (Å²) in [5.41, 5.74) is 0.730. The number of aryl methyl sites for hydroxylation is 1. The number of morpholine rings is 1. The van der Waals surface area contributed by atoms with Crippen LogP contribution in [0.4, 0.5) is 0 Å². The van der Waals surface area contributed by atoms with E-state index in [1.165, 1.54) is 0 Å². The van der Waals surface area contributed by atoms with Gasteiger partial charge in [0.1, 0.15) is 5.76 Å². The first kappa shape index (κ1) is 15.2. The van der Waals surface area contributed by atoms with E-state index in [1.54, 1.807) is 11.3 Å². The number of ether oxygens (including phenoxy) is 1. The van der Waals surface area contributed by atoms with E-state index in [2.05, 4.69) is 11.9 Å². The van der Waals surface area contributed by atoms with Crippen molar-refractivity contribution in [3.05, 3.63) is 29.0 Å².